The van der Waals surface area contributed by atoms with Crippen LogP contribution in [0.2, 0.25) is 0 Å². The second-order valence-electron chi connectivity index (χ2n) is 4.80. The van der Waals surface area contributed by atoms with E-state index in [-0.39, 0.29) is 56.2 Å². The predicted octanol–water partition coefficient (Wildman–Crippen LogP) is -1.04. The van der Waals surface area contributed by atoms with Crippen molar-refractivity contribution < 1.29 is 24.1 Å². The van der Waals surface area contributed by atoms with Gasteiger partial charge in [0.05, 0.1) is 12.9 Å². The third-order valence-electron chi connectivity index (χ3n) is 3.03. The highest BCUT2D eigenvalue weighted by Gasteiger charge is 2.12. The van der Waals surface area contributed by atoms with E-state index in [1.165, 1.54) is 10.9 Å². The second-order valence-corrected chi connectivity index (χ2v) is 4.80. The highest BCUT2D eigenvalue weighted by atomic mass is 16.7. The van der Waals surface area contributed by atoms with Crippen LogP contribution < -0.4 is 11.3 Å². The van der Waals surface area contributed by atoms with Gasteiger partial charge in [-0.15, -0.1) is 0 Å². The van der Waals surface area contributed by atoms with Crippen molar-refractivity contribution in [1.82, 2.24) is 19.5 Å². The lowest BCUT2D eigenvalue weighted by molar-refractivity contribution is -0.159. The van der Waals surface area contributed by atoms with Gasteiger partial charge in [-0.25, -0.2) is 4.98 Å². The zero-order chi connectivity index (χ0) is 17.5. The number of nitrogens with zero attached hydrogens (tertiary/aromatic N) is 3. The summed E-state index contributed by atoms with van der Waals surface area (Å²) in [5.41, 5.74) is 5.48. The number of imidazole rings is 1. The van der Waals surface area contributed by atoms with Gasteiger partial charge in [0.1, 0.15) is 26.2 Å². The smallest absolute Gasteiger partial charge is 0.305 e. The average Bonchev–Trinajstić information content (AvgIpc) is 2.97. The Morgan fingerprint density at radius 2 is 2.33 bits per heavy atom. The number of carbonyl (C=O) groups excluding carboxylic acids is 1. The number of hydrogen-bond acceptors (Lipinski definition) is 9. The molecular weight excluding hydrogens is 322 g/mol. The zero-order valence-electron chi connectivity index (χ0n) is 13.1. The van der Waals surface area contributed by atoms with E-state index in [1.54, 1.807) is 6.92 Å². The molecule has 2 aromatic heterocycles. The number of nitrogens with one attached hydrogen (secondary N) is 1. The Morgan fingerprint density at radius 3 is 3.04 bits per heavy atom. The number of aliphatic hydroxyl groups is 1. The van der Waals surface area contributed by atoms with Gasteiger partial charge in [-0.05, 0) is 0 Å². The van der Waals surface area contributed by atoms with Crippen molar-refractivity contribution in [2.45, 2.75) is 26.2 Å². The molecule has 11 heteroatoms. The summed E-state index contributed by atoms with van der Waals surface area (Å²) in [5.74, 6) is -0.402. The van der Waals surface area contributed by atoms with E-state index in [0.717, 1.165) is 0 Å². The Morgan fingerprint density at radius 1 is 1.54 bits per heavy atom. The van der Waals surface area contributed by atoms with E-state index >= 15 is 0 Å². The summed E-state index contributed by atoms with van der Waals surface area (Å²) in [5, 5.41) is 9.15. The lowest BCUT2D eigenvalue weighted by atomic mass is 10.4. The molecule has 2 heterocycles. The number of ether oxygens (including phenoxy) is 3. The Bertz CT molecular complexity index is 742. The van der Waals surface area contributed by atoms with Gasteiger partial charge in [0.15, 0.2) is 11.2 Å². The van der Waals surface area contributed by atoms with Crippen molar-refractivity contribution in [3.8, 4) is 0 Å². The first kappa shape index (κ1) is 17.8. The molecule has 11 nitrogen and oxygen atoms in total. The van der Waals surface area contributed by atoms with Crippen LogP contribution in [0.3, 0.4) is 0 Å². The summed E-state index contributed by atoms with van der Waals surface area (Å²) in [6, 6.07) is 0. The predicted molar refractivity (Wildman–Crippen MR) is 81.7 cm³/mol. The van der Waals surface area contributed by atoms with Gasteiger partial charge >= 0.3 is 5.97 Å². The third kappa shape index (κ3) is 4.50. The molecule has 0 aliphatic rings. The minimum Gasteiger partial charge on any atom is -0.463 e. The van der Waals surface area contributed by atoms with Crippen LogP contribution in [0.4, 0.5) is 5.95 Å². The molecule has 1 atom stereocenters. The quantitative estimate of drug-likeness (QED) is 0.295. The molecule has 0 aliphatic carbocycles. The summed E-state index contributed by atoms with van der Waals surface area (Å²) < 4.78 is 16.9. The van der Waals surface area contributed by atoms with Gasteiger partial charge in [0.2, 0.25) is 5.95 Å². The van der Waals surface area contributed by atoms with Crippen LogP contribution in [0.15, 0.2) is 11.1 Å². The molecule has 0 aliphatic heterocycles. The molecule has 0 aromatic carbocycles. The summed E-state index contributed by atoms with van der Waals surface area (Å²) in [6.07, 6.45) is 0.952. The molecule has 132 valence electrons. The number of H-pyrrole nitrogens is 1. The molecule has 4 N–H and O–H groups in total. The van der Waals surface area contributed by atoms with Crippen molar-refractivity contribution in [3.05, 3.63) is 16.7 Å². The number of carbonyl (C=O) groups is 1. The van der Waals surface area contributed by atoms with Crippen LogP contribution in [0.1, 0.15) is 13.3 Å². The van der Waals surface area contributed by atoms with Crippen molar-refractivity contribution in [1.29, 1.82) is 0 Å². The number of aliphatic hydroxyl groups excluding tert-OH is 1. The maximum atomic E-state index is 11.6. The van der Waals surface area contributed by atoms with E-state index in [1.807, 2.05) is 0 Å². The molecule has 2 aromatic rings. The number of hydrogen-bond donors (Lipinski definition) is 3. The van der Waals surface area contributed by atoms with Gasteiger partial charge in [-0.2, -0.15) is 4.98 Å². The van der Waals surface area contributed by atoms with E-state index in [4.69, 9.17) is 25.1 Å². The topological polar surface area (TPSA) is 155 Å². The molecule has 0 amide bonds. The molecule has 0 fully saturated rings. The van der Waals surface area contributed by atoms with Gasteiger partial charge < -0.3 is 25.1 Å². The Labute approximate surface area is 136 Å². The number of nitrogens with two attached hydrogens (primary N) is 1. The lowest BCUT2D eigenvalue weighted by Gasteiger charge is -2.15. The summed E-state index contributed by atoms with van der Waals surface area (Å²) in [7, 11) is 0. The first-order chi connectivity index (χ1) is 11.5. The Balaban J connectivity index is 1.84. The van der Waals surface area contributed by atoms with Crippen LogP contribution in [0, 0.1) is 0 Å². The zero-order valence-corrected chi connectivity index (χ0v) is 13.1. The first-order valence-electron chi connectivity index (χ1n) is 7.21. The highest BCUT2D eigenvalue weighted by molar-refractivity contribution is 5.70. The van der Waals surface area contributed by atoms with Gasteiger partial charge in [0.25, 0.3) is 5.56 Å². The molecular formula is C13H19N5O6. The number of aromatic nitrogens is 4. The average molecular weight is 341 g/mol. The van der Waals surface area contributed by atoms with Crippen LogP contribution in [0.25, 0.3) is 11.2 Å². The van der Waals surface area contributed by atoms with E-state index in [2.05, 4.69) is 15.0 Å². The number of esters is 1. The highest BCUT2D eigenvalue weighted by Crippen LogP contribution is 2.06. The Kier molecular flexibility index (Phi) is 6.23. The molecule has 0 saturated heterocycles. The van der Waals surface area contributed by atoms with Crippen LogP contribution in [-0.2, 0) is 25.7 Å². The van der Waals surface area contributed by atoms with Crippen LogP contribution in [0.5, 0.6) is 0 Å². The van der Waals surface area contributed by atoms with Crippen molar-refractivity contribution >= 4 is 23.1 Å². The molecule has 0 saturated carbocycles. The van der Waals surface area contributed by atoms with Gasteiger partial charge in [-0.1, -0.05) is 6.92 Å². The summed E-state index contributed by atoms with van der Waals surface area (Å²) in [6.45, 7) is 1.14. The van der Waals surface area contributed by atoms with Crippen molar-refractivity contribution in [2.75, 3.05) is 25.7 Å². The molecule has 0 radical (unpaired) electrons. The maximum absolute atomic E-state index is 11.6. The van der Waals surface area contributed by atoms with E-state index in [0.29, 0.717) is 0 Å². The monoisotopic (exact) mass is 341 g/mol. The van der Waals surface area contributed by atoms with Gasteiger partial charge in [0, 0.05) is 6.42 Å². The summed E-state index contributed by atoms with van der Waals surface area (Å²) in [4.78, 5) is 33.0. The minimum atomic E-state index is -0.684. The lowest BCUT2D eigenvalue weighted by Crippen LogP contribution is -2.26. The number of rotatable bonds is 9. The third-order valence-corrected chi connectivity index (χ3v) is 3.03. The number of aromatic amines is 1. The van der Waals surface area contributed by atoms with E-state index in [9.17, 15) is 9.59 Å². The largest absolute Gasteiger partial charge is 0.463 e. The van der Waals surface area contributed by atoms with Crippen LogP contribution >= 0.6 is 0 Å². The number of anilines is 1. The minimum absolute atomic E-state index is 0.0132. The molecule has 2 rings (SSSR count). The summed E-state index contributed by atoms with van der Waals surface area (Å²) >= 11 is 0. The normalized spacial score (nSPS) is 12.4. The van der Waals surface area contributed by atoms with Crippen molar-refractivity contribution in [2.24, 2.45) is 0 Å². The van der Waals surface area contributed by atoms with Crippen LogP contribution in [-0.4, -0.2) is 56.7 Å². The molecule has 1 unspecified atom stereocenters. The van der Waals surface area contributed by atoms with E-state index < -0.39 is 11.7 Å². The van der Waals surface area contributed by atoms with Crippen molar-refractivity contribution in [3.63, 3.8) is 0 Å². The standard InChI is InChI=1S/C13H19N5O6/c1-2-9(20)23-4-8(3-19)24-7-22-6-18-5-15-10-11(18)16-13(14)17-12(10)21/h5,8,19H,2-4,6-7H2,1H3,(H3,14,16,17,21). The second kappa shape index (κ2) is 8.38. The fourth-order valence-corrected chi connectivity index (χ4v) is 1.79. The fraction of sp³-hybridized carbons (Fsp3) is 0.538. The number of fused-ring (bicyclic) bond motifs is 1. The first-order valence-corrected chi connectivity index (χ1v) is 7.21. The SMILES string of the molecule is CCC(=O)OCC(CO)OCOCn1cnc2c(=O)[nH]c(N)nc21. The Hall–Kier alpha value is -2.50. The molecule has 24 heavy (non-hydrogen) atoms. The molecule has 0 bridgehead atoms. The number of nitrogen functional groups attached to an aromatic ring is 1. The maximum Gasteiger partial charge on any atom is 0.305 e. The molecule has 0 spiro atoms. The van der Waals surface area contributed by atoms with Gasteiger partial charge in [-0.3, -0.25) is 19.1 Å². The fourth-order valence-electron chi connectivity index (χ4n) is 1.79.